The summed E-state index contributed by atoms with van der Waals surface area (Å²) in [6.07, 6.45) is 3.75. The zero-order valence-corrected chi connectivity index (χ0v) is 11.3. The molecule has 5 nitrogen and oxygen atoms in total. The van der Waals surface area contributed by atoms with E-state index in [2.05, 4.69) is 21.2 Å². The van der Waals surface area contributed by atoms with Gasteiger partial charge in [-0.2, -0.15) is 0 Å². The summed E-state index contributed by atoms with van der Waals surface area (Å²) in [5.74, 6) is 0. The number of hydrogen-bond donors (Lipinski definition) is 1. The summed E-state index contributed by atoms with van der Waals surface area (Å²) in [7, 11) is 0. The van der Waals surface area contributed by atoms with Crippen molar-refractivity contribution >= 4 is 17.4 Å². The molecular weight excluding hydrogens is 258 g/mol. The molecule has 0 aliphatic heterocycles. The van der Waals surface area contributed by atoms with E-state index >= 15 is 0 Å². The highest BCUT2D eigenvalue weighted by atomic mass is 32.2. The minimum Gasteiger partial charge on any atom is -0.326 e. The summed E-state index contributed by atoms with van der Waals surface area (Å²) in [5, 5.41) is 10.0. The Kier molecular flexibility index (Phi) is 3.18. The molecule has 0 aliphatic carbocycles. The van der Waals surface area contributed by atoms with Crippen molar-refractivity contribution < 1.29 is 0 Å². The van der Waals surface area contributed by atoms with Gasteiger partial charge in [-0.05, 0) is 41.9 Å². The van der Waals surface area contributed by atoms with E-state index in [1.54, 1.807) is 6.20 Å². The van der Waals surface area contributed by atoms with Crippen molar-refractivity contribution in [1.82, 2.24) is 19.6 Å². The molecule has 0 saturated heterocycles. The van der Waals surface area contributed by atoms with Crippen LogP contribution in [0.15, 0.2) is 46.8 Å². The highest BCUT2D eigenvalue weighted by Crippen LogP contribution is 2.27. The minimum absolute atomic E-state index is 0.507. The van der Waals surface area contributed by atoms with Gasteiger partial charge in [0.25, 0.3) is 0 Å². The molecule has 3 rings (SSSR count). The van der Waals surface area contributed by atoms with Crippen molar-refractivity contribution in [2.75, 3.05) is 0 Å². The maximum absolute atomic E-state index is 5.61. The molecule has 6 heteroatoms. The molecule has 0 aromatic carbocycles. The van der Waals surface area contributed by atoms with Crippen LogP contribution in [0.3, 0.4) is 0 Å². The predicted molar refractivity (Wildman–Crippen MR) is 74.0 cm³/mol. The summed E-state index contributed by atoms with van der Waals surface area (Å²) in [4.78, 5) is 4.43. The largest absolute Gasteiger partial charge is 0.326 e. The quantitative estimate of drug-likeness (QED) is 0.789. The van der Waals surface area contributed by atoms with Gasteiger partial charge in [0.15, 0.2) is 5.65 Å². The number of hydrogen-bond acceptors (Lipinski definition) is 5. The summed E-state index contributed by atoms with van der Waals surface area (Å²) < 4.78 is 1.95. The minimum atomic E-state index is 0.507. The van der Waals surface area contributed by atoms with E-state index in [4.69, 9.17) is 5.73 Å². The zero-order chi connectivity index (χ0) is 13.2. The topological polar surface area (TPSA) is 69.1 Å². The molecule has 0 fully saturated rings. The first-order chi connectivity index (χ1) is 9.28. The fourth-order valence-corrected chi connectivity index (χ4v) is 2.65. The third-order valence-electron chi connectivity index (χ3n) is 2.79. The van der Waals surface area contributed by atoms with Crippen molar-refractivity contribution in [3.05, 3.63) is 47.8 Å². The van der Waals surface area contributed by atoms with Crippen LogP contribution in [0, 0.1) is 6.92 Å². The van der Waals surface area contributed by atoms with Gasteiger partial charge < -0.3 is 5.73 Å². The molecule has 3 aromatic rings. The highest BCUT2D eigenvalue weighted by Gasteiger charge is 2.09. The normalized spacial score (nSPS) is 11.1. The molecule has 0 spiro atoms. The van der Waals surface area contributed by atoms with Crippen molar-refractivity contribution in [1.29, 1.82) is 0 Å². The zero-order valence-electron chi connectivity index (χ0n) is 10.4. The third-order valence-corrected chi connectivity index (χ3v) is 3.87. The molecule has 0 unspecified atom stereocenters. The maximum Gasteiger partial charge on any atom is 0.201 e. The Morgan fingerprint density at radius 1 is 1.32 bits per heavy atom. The number of pyridine rings is 2. The summed E-state index contributed by atoms with van der Waals surface area (Å²) in [5.41, 5.74) is 8.57. The first-order valence-electron chi connectivity index (χ1n) is 5.91. The summed E-state index contributed by atoms with van der Waals surface area (Å²) in [6.45, 7) is 2.53. The molecule has 19 heavy (non-hydrogen) atoms. The third kappa shape index (κ3) is 2.32. The Morgan fingerprint density at radius 3 is 3.00 bits per heavy atom. The first-order valence-corrected chi connectivity index (χ1v) is 6.73. The van der Waals surface area contributed by atoms with Crippen molar-refractivity contribution in [3.63, 3.8) is 0 Å². The van der Waals surface area contributed by atoms with Crippen LogP contribution in [-0.4, -0.2) is 19.6 Å². The fraction of sp³-hybridized carbons (Fsp3) is 0.154. The Hall–Kier alpha value is -1.92. The van der Waals surface area contributed by atoms with Gasteiger partial charge in [-0.15, -0.1) is 10.2 Å². The van der Waals surface area contributed by atoms with Gasteiger partial charge in [-0.1, -0.05) is 12.1 Å². The fourth-order valence-electron chi connectivity index (χ4n) is 1.81. The van der Waals surface area contributed by atoms with E-state index in [1.165, 1.54) is 11.8 Å². The number of nitrogens with two attached hydrogens (primary N) is 1. The molecule has 0 atom stereocenters. The second-order valence-electron chi connectivity index (χ2n) is 4.18. The van der Waals surface area contributed by atoms with Gasteiger partial charge in [0, 0.05) is 18.9 Å². The smallest absolute Gasteiger partial charge is 0.201 e. The van der Waals surface area contributed by atoms with Gasteiger partial charge in [-0.25, -0.2) is 4.98 Å². The standard InChI is InChI=1S/C13H13N5S/c1-9-6-10(7-14)8-15-12(9)19-13-17-16-11-4-2-3-5-18(11)13/h2-6,8H,7,14H2,1H3. The SMILES string of the molecule is Cc1cc(CN)cnc1Sc1nnc2ccccn12. The second-order valence-corrected chi connectivity index (χ2v) is 5.14. The molecule has 3 heterocycles. The summed E-state index contributed by atoms with van der Waals surface area (Å²) >= 11 is 1.51. The molecule has 0 bridgehead atoms. The molecular formula is C13H13N5S. The van der Waals surface area contributed by atoms with E-state index in [0.29, 0.717) is 6.54 Å². The number of rotatable bonds is 3. The van der Waals surface area contributed by atoms with Crippen LogP contribution in [0.4, 0.5) is 0 Å². The molecule has 2 N–H and O–H groups in total. The average molecular weight is 271 g/mol. The van der Waals surface area contributed by atoms with Crippen LogP contribution in [0.5, 0.6) is 0 Å². The second kappa shape index (κ2) is 4.99. The van der Waals surface area contributed by atoms with Gasteiger partial charge in [-0.3, -0.25) is 4.40 Å². The average Bonchev–Trinajstić information content (AvgIpc) is 2.84. The Bertz CT molecular complexity index is 722. The van der Waals surface area contributed by atoms with Gasteiger partial charge in [0.1, 0.15) is 5.03 Å². The lowest BCUT2D eigenvalue weighted by Gasteiger charge is -2.05. The Morgan fingerprint density at radius 2 is 2.21 bits per heavy atom. The first kappa shape index (κ1) is 12.1. The predicted octanol–water partition coefficient (Wildman–Crippen LogP) is 2.04. The van der Waals surface area contributed by atoms with Crippen LogP contribution in [0.2, 0.25) is 0 Å². The van der Waals surface area contributed by atoms with Crippen LogP contribution in [0.1, 0.15) is 11.1 Å². The lowest BCUT2D eigenvalue weighted by molar-refractivity contribution is 0.911. The lowest BCUT2D eigenvalue weighted by Crippen LogP contribution is -1.99. The molecule has 0 radical (unpaired) electrons. The van der Waals surface area contributed by atoms with E-state index in [9.17, 15) is 0 Å². The van der Waals surface area contributed by atoms with Crippen LogP contribution >= 0.6 is 11.8 Å². The van der Waals surface area contributed by atoms with E-state index in [-0.39, 0.29) is 0 Å². The highest BCUT2D eigenvalue weighted by molar-refractivity contribution is 7.99. The maximum atomic E-state index is 5.61. The van der Waals surface area contributed by atoms with E-state index in [0.717, 1.165) is 27.0 Å². The van der Waals surface area contributed by atoms with Crippen molar-refractivity contribution in [2.24, 2.45) is 5.73 Å². The summed E-state index contributed by atoms with van der Waals surface area (Å²) in [6, 6.07) is 7.88. The molecule has 0 aliphatic rings. The van der Waals surface area contributed by atoms with Crippen LogP contribution in [-0.2, 0) is 6.54 Å². The number of aromatic nitrogens is 4. The monoisotopic (exact) mass is 271 g/mol. The van der Waals surface area contributed by atoms with Gasteiger partial charge >= 0.3 is 0 Å². The van der Waals surface area contributed by atoms with Gasteiger partial charge in [0.2, 0.25) is 5.16 Å². The van der Waals surface area contributed by atoms with E-state index in [1.807, 2.05) is 35.7 Å². The lowest BCUT2D eigenvalue weighted by atomic mass is 10.2. The van der Waals surface area contributed by atoms with Crippen LogP contribution < -0.4 is 5.73 Å². The Labute approximate surface area is 114 Å². The van der Waals surface area contributed by atoms with Crippen molar-refractivity contribution in [3.8, 4) is 0 Å². The molecule has 3 aromatic heterocycles. The number of fused-ring (bicyclic) bond motifs is 1. The molecule has 0 amide bonds. The molecule has 0 saturated carbocycles. The van der Waals surface area contributed by atoms with E-state index < -0.39 is 0 Å². The molecule has 96 valence electrons. The van der Waals surface area contributed by atoms with Crippen LogP contribution in [0.25, 0.3) is 5.65 Å². The number of aryl methyl sites for hydroxylation is 1. The van der Waals surface area contributed by atoms with Crippen molar-refractivity contribution in [2.45, 2.75) is 23.7 Å². The van der Waals surface area contributed by atoms with Gasteiger partial charge in [0.05, 0.1) is 0 Å². The Balaban J connectivity index is 1.97. The number of nitrogens with zero attached hydrogens (tertiary/aromatic N) is 4.